The summed E-state index contributed by atoms with van der Waals surface area (Å²) in [6, 6.07) is 5.96. The Hall–Kier alpha value is -2.94. The van der Waals surface area contributed by atoms with Crippen molar-refractivity contribution >= 4 is 29.2 Å². The topological polar surface area (TPSA) is 107 Å². The molecule has 1 heterocycles. The number of urea groups is 1. The van der Waals surface area contributed by atoms with Crippen molar-refractivity contribution in [1.82, 2.24) is 15.6 Å². The van der Waals surface area contributed by atoms with Crippen molar-refractivity contribution in [2.45, 2.75) is 33.8 Å². The van der Waals surface area contributed by atoms with Crippen LogP contribution < -0.4 is 15.4 Å². The number of carbonyl (C=O) groups excluding carboxylic acids is 3. The Kier molecular flexibility index (Phi) is 8.60. The Morgan fingerprint density at radius 1 is 1.21 bits per heavy atom. The van der Waals surface area contributed by atoms with E-state index in [0.29, 0.717) is 18.2 Å². The predicted octanol–water partition coefficient (Wildman–Crippen LogP) is 3.06. The summed E-state index contributed by atoms with van der Waals surface area (Å²) >= 11 is 1.51. The molecule has 0 unspecified atom stereocenters. The van der Waals surface area contributed by atoms with Gasteiger partial charge in [0.15, 0.2) is 6.61 Å². The molecule has 1 aromatic carbocycles. The number of ether oxygens (including phenoxy) is 2. The number of rotatable bonds is 9. The number of thiazole rings is 1. The monoisotopic (exact) mass is 419 g/mol. The smallest absolute Gasteiger partial charge is 0.342 e. The van der Waals surface area contributed by atoms with Crippen molar-refractivity contribution < 1.29 is 23.9 Å². The van der Waals surface area contributed by atoms with Gasteiger partial charge in [0.25, 0.3) is 5.91 Å². The van der Waals surface area contributed by atoms with Gasteiger partial charge in [0, 0.05) is 11.9 Å². The van der Waals surface area contributed by atoms with E-state index in [9.17, 15) is 14.4 Å². The molecule has 2 rings (SSSR count). The molecule has 29 heavy (non-hydrogen) atoms. The highest BCUT2D eigenvalue weighted by atomic mass is 32.1. The molecule has 0 atom stereocenters. The van der Waals surface area contributed by atoms with Gasteiger partial charge in [-0.05, 0) is 31.4 Å². The standard InChI is InChI=1S/C20H25N3O5S/c1-13(2)8-9-21-20(26)23-18(24)11-28-19(25)16-6-4-5-7-17(16)27-10-15-12-29-14(3)22-15/h4-7,12-13H,8-11H2,1-3H3,(H2,21,23,24,26). The van der Waals surface area contributed by atoms with Crippen LogP contribution in [0, 0.1) is 12.8 Å². The van der Waals surface area contributed by atoms with Gasteiger partial charge in [-0.1, -0.05) is 26.0 Å². The summed E-state index contributed by atoms with van der Waals surface area (Å²) in [7, 11) is 0. The van der Waals surface area contributed by atoms with Gasteiger partial charge in [0.05, 0.1) is 10.7 Å². The molecule has 0 radical (unpaired) electrons. The number of aromatic nitrogens is 1. The number of nitrogens with zero attached hydrogens (tertiary/aromatic N) is 1. The highest BCUT2D eigenvalue weighted by molar-refractivity contribution is 7.09. The van der Waals surface area contributed by atoms with E-state index in [-0.39, 0.29) is 12.2 Å². The van der Waals surface area contributed by atoms with Gasteiger partial charge in [0.2, 0.25) is 0 Å². The van der Waals surface area contributed by atoms with Gasteiger partial charge in [0.1, 0.15) is 17.9 Å². The zero-order valence-electron chi connectivity index (χ0n) is 16.7. The number of carbonyl (C=O) groups is 3. The minimum absolute atomic E-state index is 0.189. The summed E-state index contributed by atoms with van der Waals surface area (Å²) in [6.07, 6.45) is 0.799. The van der Waals surface area contributed by atoms with Crippen LogP contribution in [0.5, 0.6) is 5.75 Å². The Labute approximate surface area is 173 Å². The highest BCUT2D eigenvalue weighted by Crippen LogP contribution is 2.20. The Balaban J connectivity index is 1.82. The number of nitrogens with one attached hydrogen (secondary N) is 2. The Morgan fingerprint density at radius 2 is 1.97 bits per heavy atom. The van der Waals surface area contributed by atoms with Gasteiger partial charge < -0.3 is 14.8 Å². The summed E-state index contributed by atoms with van der Waals surface area (Å²) in [5.74, 6) is -0.661. The fraction of sp³-hybridized carbons (Fsp3) is 0.400. The van der Waals surface area contributed by atoms with Crippen LogP contribution in [-0.4, -0.2) is 36.0 Å². The molecule has 156 valence electrons. The lowest BCUT2D eigenvalue weighted by molar-refractivity contribution is -0.123. The normalized spacial score (nSPS) is 10.5. The lowest BCUT2D eigenvalue weighted by Gasteiger charge is -2.11. The first kappa shape index (κ1) is 22.4. The summed E-state index contributed by atoms with van der Waals surface area (Å²) in [4.78, 5) is 40.0. The largest absolute Gasteiger partial charge is 0.486 e. The summed E-state index contributed by atoms with van der Waals surface area (Å²) in [6.45, 7) is 6.06. The van der Waals surface area contributed by atoms with Crippen molar-refractivity contribution in [3.8, 4) is 5.75 Å². The third-order valence-corrected chi connectivity index (χ3v) is 4.57. The number of hydrogen-bond donors (Lipinski definition) is 2. The molecule has 0 saturated heterocycles. The Morgan fingerprint density at radius 3 is 2.66 bits per heavy atom. The lowest BCUT2D eigenvalue weighted by atomic mass is 10.1. The maximum atomic E-state index is 12.3. The molecule has 0 saturated carbocycles. The fourth-order valence-electron chi connectivity index (χ4n) is 2.28. The van der Waals surface area contributed by atoms with Crippen molar-refractivity contribution in [1.29, 1.82) is 0 Å². The van der Waals surface area contributed by atoms with Crippen molar-refractivity contribution in [2.24, 2.45) is 5.92 Å². The van der Waals surface area contributed by atoms with Crippen LogP contribution in [0.4, 0.5) is 4.79 Å². The molecule has 0 fully saturated rings. The van der Waals surface area contributed by atoms with E-state index in [2.05, 4.69) is 15.6 Å². The first-order valence-corrected chi connectivity index (χ1v) is 10.1. The summed E-state index contributed by atoms with van der Waals surface area (Å²) in [5, 5.41) is 7.50. The average Bonchev–Trinajstić information content (AvgIpc) is 3.09. The van der Waals surface area contributed by atoms with E-state index in [4.69, 9.17) is 9.47 Å². The maximum Gasteiger partial charge on any atom is 0.342 e. The number of imide groups is 1. The van der Waals surface area contributed by atoms with E-state index in [0.717, 1.165) is 17.1 Å². The molecule has 0 aliphatic carbocycles. The lowest BCUT2D eigenvalue weighted by Crippen LogP contribution is -2.42. The van der Waals surface area contributed by atoms with Gasteiger partial charge in [-0.15, -0.1) is 11.3 Å². The Bertz CT molecular complexity index is 850. The quantitative estimate of drug-likeness (QED) is 0.605. The minimum atomic E-state index is -0.717. The van der Waals surface area contributed by atoms with Crippen molar-refractivity contribution in [3.05, 3.63) is 45.9 Å². The molecule has 2 aromatic rings. The van der Waals surface area contributed by atoms with Crippen LogP contribution in [0.3, 0.4) is 0 Å². The van der Waals surface area contributed by atoms with Crippen LogP contribution in [0.25, 0.3) is 0 Å². The third kappa shape index (κ3) is 7.90. The molecule has 1 aromatic heterocycles. The van der Waals surface area contributed by atoms with E-state index in [1.54, 1.807) is 24.3 Å². The number of esters is 1. The van der Waals surface area contributed by atoms with Crippen LogP contribution in [-0.2, 0) is 16.1 Å². The summed E-state index contributed by atoms with van der Waals surface area (Å²) < 4.78 is 10.7. The molecular weight excluding hydrogens is 394 g/mol. The second-order valence-corrected chi connectivity index (χ2v) is 7.77. The molecule has 3 amide bonds. The van der Waals surface area contributed by atoms with E-state index < -0.39 is 24.5 Å². The average molecular weight is 420 g/mol. The van der Waals surface area contributed by atoms with Crippen molar-refractivity contribution in [3.63, 3.8) is 0 Å². The molecule has 0 bridgehead atoms. The second-order valence-electron chi connectivity index (χ2n) is 6.71. The van der Waals surface area contributed by atoms with Crippen LogP contribution in [0.1, 0.15) is 41.3 Å². The second kappa shape index (κ2) is 11.2. The van der Waals surface area contributed by atoms with Gasteiger partial charge in [-0.3, -0.25) is 10.1 Å². The maximum absolute atomic E-state index is 12.3. The SMILES string of the molecule is Cc1nc(COc2ccccc2C(=O)OCC(=O)NC(=O)NCCC(C)C)cs1. The zero-order chi connectivity index (χ0) is 21.2. The molecule has 0 aliphatic rings. The molecule has 8 nitrogen and oxygen atoms in total. The number of benzene rings is 1. The van der Waals surface area contributed by atoms with Gasteiger partial charge in [-0.2, -0.15) is 0 Å². The highest BCUT2D eigenvalue weighted by Gasteiger charge is 2.16. The van der Waals surface area contributed by atoms with Crippen LogP contribution in [0.2, 0.25) is 0 Å². The first-order chi connectivity index (χ1) is 13.8. The zero-order valence-corrected chi connectivity index (χ0v) is 17.5. The van der Waals surface area contributed by atoms with Crippen LogP contribution in [0.15, 0.2) is 29.6 Å². The summed E-state index contributed by atoms with van der Waals surface area (Å²) in [5.41, 5.74) is 0.951. The van der Waals surface area contributed by atoms with Gasteiger partial charge >= 0.3 is 12.0 Å². The first-order valence-electron chi connectivity index (χ1n) is 9.22. The van der Waals surface area contributed by atoms with Crippen molar-refractivity contribution in [2.75, 3.05) is 13.2 Å². The van der Waals surface area contributed by atoms with Crippen LogP contribution >= 0.6 is 11.3 Å². The van der Waals surface area contributed by atoms with E-state index in [1.165, 1.54) is 11.3 Å². The minimum Gasteiger partial charge on any atom is -0.486 e. The molecule has 0 spiro atoms. The predicted molar refractivity (Wildman–Crippen MR) is 109 cm³/mol. The third-order valence-electron chi connectivity index (χ3n) is 3.74. The molecule has 0 aliphatic heterocycles. The molecular formula is C20H25N3O5S. The molecule has 9 heteroatoms. The number of hydrogen-bond acceptors (Lipinski definition) is 7. The van der Waals surface area contributed by atoms with E-state index >= 15 is 0 Å². The molecule has 2 N–H and O–H groups in total. The fourth-order valence-corrected chi connectivity index (χ4v) is 2.87. The number of aryl methyl sites for hydroxylation is 1. The van der Waals surface area contributed by atoms with E-state index in [1.807, 2.05) is 26.2 Å². The van der Waals surface area contributed by atoms with Gasteiger partial charge in [-0.25, -0.2) is 14.6 Å². The number of para-hydroxylation sites is 1. The number of amides is 3.